The van der Waals surface area contributed by atoms with E-state index in [0.717, 1.165) is 71.5 Å². The highest BCUT2D eigenvalue weighted by atomic mass is 35.5. The van der Waals surface area contributed by atoms with Gasteiger partial charge >= 0.3 is 0 Å². The van der Waals surface area contributed by atoms with E-state index >= 15 is 0 Å². The van der Waals surface area contributed by atoms with Crippen molar-refractivity contribution in [2.24, 2.45) is 0 Å². The Bertz CT molecular complexity index is 3270. The lowest BCUT2D eigenvalue weighted by Crippen LogP contribution is -2.37. The predicted molar refractivity (Wildman–Crippen MR) is 255 cm³/mol. The minimum Gasteiger partial charge on any atom is -0.456 e. The lowest BCUT2D eigenvalue weighted by molar-refractivity contribution is 0.617. The van der Waals surface area contributed by atoms with Gasteiger partial charge in [0, 0.05) is 50.0 Å². The molecule has 4 aromatic heterocycles. The van der Waals surface area contributed by atoms with E-state index in [4.69, 9.17) is 25.4 Å². The van der Waals surface area contributed by atoms with Gasteiger partial charge in [-0.15, -0.1) is 0 Å². The Morgan fingerprint density at radius 1 is 0.483 bits per heavy atom. The highest BCUT2D eigenvalue weighted by Gasteiger charge is 2.19. The maximum Gasteiger partial charge on any atom is 0.144 e. The van der Waals surface area contributed by atoms with Gasteiger partial charge in [0.1, 0.15) is 39.1 Å². The first-order chi connectivity index (χ1) is 28.4. The topological polar surface area (TPSA) is 52.1 Å². The van der Waals surface area contributed by atoms with E-state index in [1.807, 2.05) is 19.1 Å². The van der Waals surface area contributed by atoms with Crippen molar-refractivity contribution < 1.29 is 17.6 Å². The molecule has 10 rings (SSSR count). The number of pyridine rings is 2. The average molecular weight is 850 g/mol. The molecule has 0 saturated carbocycles. The van der Waals surface area contributed by atoms with Crippen molar-refractivity contribution in [1.29, 1.82) is 0 Å². The molecule has 4 nitrogen and oxygen atoms in total. The summed E-state index contributed by atoms with van der Waals surface area (Å²) < 4.78 is 38.5. The van der Waals surface area contributed by atoms with Gasteiger partial charge in [-0.25, -0.2) is 18.7 Å². The summed E-state index contributed by atoms with van der Waals surface area (Å²) in [6, 6.07) is 38.9. The van der Waals surface area contributed by atoms with Gasteiger partial charge in [-0.1, -0.05) is 97.7 Å². The highest BCUT2D eigenvalue weighted by molar-refractivity contribution is 6.89. The Hall–Kier alpha value is -5.68. The van der Waals surface area contributed by atoms with Gasteiger partial charge in [-0.2, -0.15) is 0 Å². The summed E-state index contributed by atoms with van der Waals surface area (Å²) in [5.74, 6) is -0.558. The minimum atomic E-state index is -1.37. The second-order valence-corrected chi connectivity index (χ2v) is 28.3. The number of aromatic nitrogens is 2. The smallest absolute Gasteiger partial charge is 0.144 e. The molecule has 0 spiro atoms. The number of hydrogen-bond acceptors (Lipinski definition) is 4. The van der Waals surface area contributed by atoms with E-state index < -0.39 is 16.1 Å². The van der Waals surface area contributed by atoms with E-state index in [2.05, 4.69) is 131 Å². The fourth-order valence-corrected chi connectivity index (χ4v) is 10.2. The Kier molecular flexibility index (Phi) is 10.8. The quantitative estimate of drug-likeness (QED) is 0.131. The van der Waals surface area contributed by atoms with Crippen LogP contribution in [0, 0.1) is 32.4 Å². The van der Waals surface area contributed by atoms with Crippen molar-refractivity contribution in [2.45, 2.75) is 60.1 Å². The monoisotopic (exact) mass is 848 g/mol. The van der Waals surface area contributed by atoms with E-state index in [0.29, 0.717) is 16.3 Å². The number of aryl methyl sites for hydroxylation is 3. The van der Waals surface area contributed by atoms with E-state index in [-0.39, 0.29) is 11.6 Å². The summed E-state index contributed by atoms with van der Waals surface area (Å²) in [6.07, 6.45) is 0. The molecule has 0 N–H and O–H groups in total. The molecule has 0 amide bonds. The first kappa shape index (κ1) is 41.1. The third-order valence-electron chi connectivity index (χ3n) is 10.9. The summed E-state index contributed by atoms with van der Waals surface area (Å²) in [5, 5.41) is 9.73. The van der Waals surface area contributed by atoms with Crippen LogP contribution in [0.25, 0.3) is 76.9 Å². The first-order valence-electron chi connectivity index (χ1n) is 20.1. The standard InChI is InChI=1S/C25H22FNOSi.C14H11FO.C12H14ClNSi/c1-15-11-20-19-8-6-17(26)14-24(19)28-25(20)21(12-15)23-9-5-16-13-18(29(2,3)4)7-10-22(16)27-23;1-8-5-9(2)14-12(6-8)11-4-3-10(15)7-13(11)16-14;1-15(2,3)10-5-6-11-9(8-10)4-7-12(13)14-11/h5-14H,1-4H3;3-7H,1-2H3;4-8H,1-3H3. The van der Waals surface area contributed by atoms with Gasteiger partial charge in [0.05, 0.1) is 32.9 Å². The molecule has 0 saturated heterocycles. The summed E-state index contributed by atoms with van der Waals surface area (Å²) in [4.78, 5) is 9.21. The largest absolute Gasteiger partial charge is 0.456 e. The van der Waals surface area contributed by atoms with E-state index in [1.165, 1.54) is 45.6 Å². The van der Waals surface area contributed by atoms with Crippen LogP contribution in [0.3, 0.4) is 0 Å². The predicted octanol–water partition coefficient (Wildman–Crippen LogP) is 14.6. The van der Waals surface area contributed by atoms with Gasteiger partial charge in [0.15, 0.2) is 0 Å². The number of fused-ring (bicyclic) bond motifs is 8. The molecule has 0 bridgehead atoms. The number of rotatable bonds is 3. The molecule has 302 valence electrons. The third-order valence-corrected chi connectivity index (χ3v) is 15.2. The lowest BCUT2D eigenvalue weighted by atomic mass is 10.0. The van der Waals surface area contributed by atoms with Crippen molar-refractivity contribution in [1.82, 2.24) is 9.97 Å². The van der Waals surface area contributed by atoms with Gasteiger partial charge in [0.2, 0.25) is 0 Å². The number of furan rings is 2. The van der Waals surface area contributed by atoms with Crippen LogP contribution in [0.4, 0.5) is 8.78 Å². The average Bonchev–Trinajstić information content (AvgIpc) is 3.74. The molecule has 6 aromatic carbocycles. The van der Waals surface area contributed by atoms with Crippen molar-refractivity contribution in [3.05, 3.63) is 155 Å². The normalized spacial score (nSPS) is 12.0. The van der Waals surface area contributed by atoms with Gasteiger partial charge < -0.3 is 8.83 Å². The highest BCUT2D eigenvalue weighted by Crippen LogP contribution is 2.37. The zero-order valence-electron chi connectivity index (χ0n) is 35.4. The van der Waals surface area contributed by atoms with Gasteiger partial charge in [-0.05, 0) is 110 Å². The van der Waals surface area contributed by atoms with Crippen LogP contribution in [0.5, 0.6) is 0 Å². The Labute approximate surface area is 355 Å². The van der Waals surface area contributed by atoms with Crippen LogP contribution < -0.4 is 10.4 Å². The number of halogens is 3. The lowest BCUT2D eigenvalue weighted by Gasteiger charge is -2.17. The van der Waals surface area contributed by atoms with Crippen molar-refractivity contribution in [2.75, 3.05) is 0 Å². The molecule has 9 heteroatoms. The number of hydrogen-bond donors (Lipinski definition) is 0. The summed E-state index contributed by atoms with van der Waals surface area (Å²) in [5.41, 5.74) is 9.94. The zero-order valence-corrected chi connectivity index (χ0v) is 38.1. The van der Waals surface area contributed by atoms with Crippen LogP contribution in [-0.2, 0) is 0 Å². The zero-order chi connectivity index (χ0) is 42.7. The second-order valence-electron chi connectivity index (χ2n) is 17.8. The molecule has 0 aliphatic carbocycles. The molecule has 0 aliphatic heterocycles. The minimum absolute atomic E-state index is 0.263. The molecule has 60 heavy (non-hydrogen) atoms. The summed E-state index contributed by atoms with van der Waals surface area (Å²) >= 11 is 5.85. The summed E-state index contributed by atoms with van der Waals surface area (Å²) in [6.45, 7) is 20.2. The van der Waals surface area contributed by atoms with Gasteiger partial charge in [-0.3, -0.25) is 0 Å². The third kappa shape index (κ3) is 8.37. The fraction of sp³-hybridized carbons (Fsp3) is 0.176. The maximum atomic E-state index is 13.7. The molecular weight excluding hydrogens is 802 g/mol. The van der Waals surface area contributed by atoms with E-state index in [9.17, 15) is 8.78 Å². The van der Waals surface area contributed by atoms with Crippen LogP contribution in [0.15, 0.2) is 130 Å². The fourth-order valence-electron chi connectivity index (χ4n) is 7.70. The maximum absolute atomic E-state index is 13.7. The van der Waals surface area contributed by atoms with Crippen LogP contribution in [0.2, 0.25) is 44.4 Å². The summed E-state index contributed by atoms with van der Waals surface area (Å²) in [7, 11) is -2.59. The van der Waals surface area contributed by atoms with Crippen molar-refractivity contribution in [3.63, 3.8) is 0 Å². The van der Waals surface area contributed by atoms with Crippen molar-refractivity contribution in [3.8, 4) is 11.3 Å². The van der Waals surface area contributed by atoms with Gasteiger partial charge in [0.25, 0.3) is 0 Å². The SMILES string of the molecule is C[Si](C)(C)c1ccc2nc(Cl)ccc2c1.Cc1cc(-c2ccc3cc([Si](C)(C)C)ccc3n2)c2oc3cc(F)ccc3c2c1.Cc1cc(C)c2oc3cc(F)ccc3c2c1. The second kappa shape index (κ2) is 15.7. The molecule has 0 unspecified atom stereocenters. The Morgan fingerprint density at radius 3 is 1.55 bits per heavy atom. The molecule has 0 aliphatic rings. The molecule has 10 aromatic rings. The van der Waals surface area contributed by atoms with Crippen LogP contribution >= 0.6 is 11.6 Å². The van der Waals surface area contributed by atoms with Crippen molar-refractivity contribution >= 4 is 104 Å². The molecule has 0 fully saturated rings. The first-order valence-corrected chi connectivity index (χ1v) is 27.5. The molecule has 0 atom stereocenters. The van der Waals surface area contributed by atoms with Crippen LogP contribution in [0.1, 0.15) is 16.7 Å². The Balaban J connectivity index is 0.000000136. The Morgan fingerprint density at radius 2 is 0.983 bits per heavy atom. The molecule has 0 radical (unpaired) electrons. The van der Waals surface area contributed by atoms with Crippen LogP contribution in [-0.4, -0.2) is 26.1 Å². The number of nitrogens with zero attached hydrogens (tertiary/aromatic N) is 2. The van der Waals surface area contributed by atoms with E-state index in [1.54, 1.807) is 12.1 Å². The number of benzene rings is 6. The molecular formula is C51H47ClF2N2O2Si2. The molecule has 4 heterocycles.